The van der Waals surface area contributed by atoms with Gasteiger partial charge in [0.15, 0.2) is 0 Å². The molecule has 1 atom stereocenters. The zero-order valence-corrected chi connectivity index (χ0v) is 9.65. The predicted octanol–water partition coefficient (Wildman–Crippen LogP) is 2.49. The van der Waals surface area contributed by atoms with Gasteiger partial charge >= 0.3 is 6.18 Å². The van der Waals surface area contributed by atoms with E-state index in [0.717, 1.165) is 12.1 Å². The fourth-order valence-corrected chi connectivity index (χ4v) is 1.77. The largest absolute Gasteiger partial charge is 0.416 e. The van der Waals surface area contributed by atoms with Gasteiger partial charge in [-0.15, -0.1) is 0 Å². The minimum Gasteiger partial charge on any atom is -0.319 e. The van der Waals surface area contributed by atoms with Gasteiger partial charge in [-0.2, -0.15) is 18.3 Å². The highest BCUT2D eigenvalue weighted by molar-refractivity contribution is 5.32. The number of halogens is 3. The van der Waals surface area contributed by atoms with Gasteiger partial charge in [-0.05, 0) is 23.8 Å². The SMILES string of the molecule is Cn1nccc1C(N)c1cccc(C(F)(F)F)c1. The summed E-state index contributed by atoms with van der Waals surface area (Å²) in [6.07, 6.45) is -2.80. The van der Waals surface area contributed by atoms with Gasteiger partial charge in [-0.1, -0.05) is 12.1 Å². The van der Waals surface area contributed by atoms with Crippen molar-refractivity contribution in [1.29, 1.82) is 0 Å². The van der Waals surface area contributed by atoms with Crippen molar-refractivity contribution < 1.29 is 13.2 Å². The standard InChI is InChI=1S/C12H12F3N3/c1-18-10(5-6-17-18)11(16)8-3-2-4-9(7-8)12(13,14)15/h2-7,11H,16H2,1H3. The predicted molar refractivity (Wildman–Crippen MR) is 60.7 cm³/mol. The molecule has 0 aliphatic rings. The van der Waals surface area contributed by atoms with Crippen molar-refractivity contribution in [3.63, 3.8) is 0 Å². The molecule has 96 valence electrons. The number of nitrogens with zero attached hydrogens (tertiary/aromatic N) is 2. The van der Waals surface area contributed by atoms with Crippen LogP contribution < -0.4 is 5.73 Å². The number of hydrogen-bond donors (Lipinski definition) is 1. The van der Waals surface area contributed by atoms with Crippen molar-refractivity contribution in [1.82, 2.24) is 9.78 Å². The molecule has 0 spiro atoms. The highest BCUT2D eigenvalue weighted by Gasteiger charge is 2.31. The van der Waals surface area contributed by atoms with E-state index in [0.29, 0.717) is 11.3 Å². The summed E-state index contributed by atoms with van der Waals surface area (Å²) >= 11 is 0. The van der Waals surface area contributed by atoms with Crippen molar-refractivity contribution in [2.75, 3.05) is 0 Å². The first-order valence-corrected chi connectivity index (χ1v) is 5.30. The lowest BCUT2D eigenvalue weighted by Crippen LogP contribution is -2.17. The van der Waals surface area contributed by atoms with Gasteiger partial charge in [-0.3, -0.25) is 4.68 Å². The molecule has 0 saturated carbocycles. The summed E-state index contributed by atoms with van der Waals surface area (Å²) in [5, 5.41) is 3.95. The van der Waals surface area contributed by atoms with E-state index in [1.165, 1.54) is 6.07 Å². The highest BCUT2D eigenvalue weighted by atomic mass is 19.4. The first-order chi connectivity index (χ1) is 8.39. The van der Waals surface area contributed by atoms with E-state index in [9.17, 15) is 13.2 Å². The maximum absolute atomic E-state index is 12.6. The molecule has 1 unspecified atom stereocenters. The van der Waals surface area contributed by atoms with E-state index >= 15 is 0 Å². The first-order valence-electron chi connectivity index (χ1n) is 5.30. The van der Waals surface area contributed by atoms with Gasteiger partial charge in [0, 0.05) is 13.2 Å². The van der Waals surface area contributed by atoms with Crippen LogP contribution in [0.4, 0.5) is 13.2 Å². The Bertz CT molecular complexity index is 545. The van der Waals surface area contributed by atoms with Crippen LogP contribution in [0.5, 0.6) is 0 Å². The second-order valence-electron chi connectivity index (χ2n) is 3.98. The Hall–Kier alpha value is -1.82. The summed E-state index contributed by atoms with van der Waals surface area (Å²) in [5.41, 5.74) is 6.32. The second kappa shape index (κ2) is 4.45. The van der Waals surface area contributed by atoms with Crippen LogP contribution in [0, 0.1) is 0 Å². The summed E-state index contributed by atoms with van der Waals surface area (Å²) < 4.78 is 39.3. The number of hydrogen-bond acceptors (Lipinski definition) is 2. The number of rotatable bonds is 2. The summed E-state index contributed by atoms with van der Waals surface area (Å²) in [7, 11) is 1.70. The molecule has 1 aromatic carbocycles. The van der Waals surface area contributed by atoms with Gasteiger partial charge in [0.1, 0.15) is 0 Å². The van der Waals surface area contributed by atoms with Gasteiger partial charge in [-0.25, -0.2) is 0 Å². The molecule has 0 aliphatic carbocycles. The third-order valence-corrected chi connectivity index (χ3v) is 2.75. The van der Waals surface area contributed by atoms with Crippen LogP contribution >= 0.6 is 0 Å². The molecule has 3 nitrogen and oxygen atoms in total. The summed E-state index contributed by atoms with van der Waals surface area (Å²) in [6, 6.07) is 6.09. The zero-order valence-electron chi connectivity index (χ0n) is 9.65. The molecule has 0 bridgehead atoms. The van der Waals surface area contributed by atoms with Gasteiger partial charge in [0.05, 0.1) is 17.3 Å². The lowest BCUT2D eigenvalue weighted by molar-refractivity contribution is -0.137. The molecule has 0 radical (unpaired) electrons. The molecule has 0 saturated heterocycles. The second-order valence-corrected chi connectivity index (χ2v) is 3.98. The Morgan fingerprint density at radius 2 is 2.00 bits per heavy atom. The monoisotopic (exact) mass is 255 g/mol. The lowest BCUT2D eigenvalue weighted by Gasteiger charge is -2.14. The number of alkyl halides is 3. The molecule has 0 aliphatic heterocycles. The van der Waals surface area contributed by atoms with Crippen molar-refractivity contribution in [3.8, 4) is 0 Å². The average molecular weight is 255 g/mol. The molecule has 18 heavy (non-hydrogen) atoms. The van der Waals surface area contributed by atoms with Crippen LogP contribution in [0.25, 0.3) is 0 Å². The fraction of sp³-hybridized carbons (Fsp3) is 0.250. The molecular weight excluding hydrogens is 243 g/mol. The Morgan fingerprint density at radius 3 is 2.56 bits per heavy atom. The third-order valence-electron chi connectivity index (χ3n) is 2.75. The number of aromatic nitrogens is 2. The van der Waals surface area contributed by atoms with E-state index in [1.807, 2.05) is 0 Å². The number of nitrogens with two attached hydrogens (primary N) is 1. The fourth-order valence-electron chi connectivity index (χ4n) is 1.77. The van der Waals surface area contributed by atoms with Crippen molar-refractivity contribution in [3.05, 3.63) is 53.3 Å². The Kier molecular flexibility index (Phi) is 3.13. The van der Waals surface area contributed by atoms with E-state index in [1.54, 1.807) is 30.1 Å². The maximum atomic E-state index is 12.6. The van der Waals surface area contributed by atoms with Crippen LogP contribution in [-0.4, -0.2) is 9.78 Å². The van der Waals surface area contributed by atoms with Crippen molar-refractivity contribution >= 4 is 0 Å². The smallest absolute Gasteiger partial charge is 0.319 e. The molecule has 1 aromatic heterocycles. The maximum Gasteiger partial charge on any atom is 0.416 e. The topological polar surface area (TPSA) is 43.8 Å². The van der Waals surface area contributed by atoms with Crippen LogP contribution in [0.2, 0.25) is 0 Å². The molecule has 1 heterocycles. The first kappa shape index (κ1) is 12.6. The summed E-state index contributed by atoms with van der Waals surface area (Å²) in [5.74, 6) is 0. The molecule has 0 amide bonds. The van der Waals surface area contributed by atoms with Gasteiger partial charge in [0.2, 0.25) is 0 Å². The normalized spacial score (nSPS) is 13.6. The molecular formula is C12H12F3N3. The minimum absolute atomic E-state index is 0.411. The summed E-state index contributed by atoms with van der Waals surface area (Å²) in [4.78, 5) is 0. The van der Waals surface area contributed by atoms with E-state index in [2.05, 4.69) is 5.10 Å². The lowest BCUT2D eigenvalue weighted by atomic mass is 10.0. The summed E-state index contributed by atoms with van der Waals surface area (Å²) in [6.45, 7) is 0. The molecule has 6 heteroatoms. The van der Waals surface area contributed by atoms with E-state index in [-0.39, 0.29) is 0 Å². The van der Waals surface area contributed by atoms with Crippen LogP contribution in [0.1, 0.15) is 22.9 Å². The number of aryl methyl sites for hydroxylation is 1. The Labute approximate surface area is 102 Å². The molecule has 2 rings (SSSR count). The van der Waals surface area contributed by atoms with Gasteiger partial charge in [0.25, 0.3) is 0 Å². The van der Waals surface area contributed by atoms with Gasteiger partial charge < -0.3 is 5.73 Å². The third kappa shape index (κ3) is 2.38. The van der Waals surface area contributed by atoms with Crippen LogP contribution in [0.15, 0.2) is 36.5 Å². The average Bonchev–Trinajstić information content (AvgIpc) is 2.73. The quantitative estimate of drug-likeness (QED) is 0.896. The Balaban J connectivity index is 2.38. The molecule has 2 N–H and O–H groups in total. The van der Waals surface area contributed by atoms with Crippen molar-refractivity contribution in [2.45, 2.75) is 12.2 Å². The van der Waals surface area contributed by atoms with Crippen LogP contribution in [-0.2, 0) is 13.2 Å². The molecule has 0 fully saturated rings. The van der Waals surface area contributed by atoms with Crippen LogP contribution in [0.3, 0.4) is 0 Å². The Morgan fingerprint density at radius 1 is 1.28 bits per heavy atom. The minimum atomic E-state index is -4.36. The van der Waals surface area contributed by atoms with E-state index < -0.39 is 17.8 Å². The number of benzene rings is 1. The van der Waals surface area contributed by atoms with Crippen molar-refractivity contribution in [2.24, 2.45) is 12.8 Å². The van der Waals surface area contributed by atoms with E-state index in [4.69, 9.17) is 5.73 Å². The zero-order chi connectivity index (χ0) is 13.3. The highest BCUT2D eigenvalue weighted by Crippen LogP contribution is 2.31. The molecule has 2 aromatic rings.